The molecule has 2 rings (SSSR count). The summed E-state index contributed by atoms with van der Waals surface area (Å²) < 4.78 is 45.1. The highest BCUT2D eigenvalue weighted by molar-refractivity contribution is 7.89. The highest BCUT2D eigenvalue weighted by atomic mass is 32.2. The third-order valence-electron chi connectivity index (χ3n) is 3.30. The number of benzene rings is 1. The molecule has 0 aliphatic heterocycles. The number of rotatable bonds is 5. The first-order valence-corrected chi connectivity index (χ1v) is 8.15. The van der Waals surface area contributed by atoms with Gasteiger partial charge in [-0.3, -0.25) is 4.79 Å². The molecule has 0 radical (unpaired) electrons. The molecule has 0 unspecified atom stereocenters. The average molecular weight is 340 g/mol. The van der Waals surface area contributed by atoms with E-state index in [-0.39, 0.29) is 22.7 Å². The summed E-state index contributed by atoms with van der Waals surface area (Å²) in [6, 6.07) is 6.75. The highest BCUT2D eigenvalue weighted by Gasteiger charge is 2.18. The summed E-state index contributed by atoms with van der Waals surface area (Å²) in [6.45, 7) is 0.0521. The first-order chi connectivity index (χ1) is 10.8. The number of pyridine rings is 1. The summed E-state index contributed by atoms with van der Waals surface area (Å²) >= 11 is 0. The second-order valence-electron chi connectivity index (χ2n) is 5.09. The maximum atomic E-state index is 13.7. The van der Waals surface area contributed by atoms with Gasteiger partial charge in [-0.05, 0) is 23.8 Å². The lowest BCUT2D eigenvalue weighted by atomic mass is 10.2. The molecule has 0 saturated heterocycles. The van der Waals surface area contributed by atoms with Gasteiger partial charge >= 0.3 is 0 Å². The van der Waals surface area contributed by atoms with Crippen LogP contribution < -0.4 is 10.3 Å². The average Bonchev–Trinajstić information content (AvgIpc) is 2.49. The van der Waals surface area contributed by atoms with E-state index in [1.54, 1.807) is 6.07 Å². The minimum Gasteiger partial charge on any atom is -0.494 e. The van der Waals surface area contributed by atoms with Crippen LogP contribution in [0.4, 0.5) is 4.39 Å². The topological polar surface area (TPSA) is 68.6 Å². The van der Waals surface area contributed by atoms with Crippen molar-refractivity contribution < 1.29 is 17.5 Å². The van der Waals surface area contributed by atoms with Crippen LogP contribution in [-0.4, -0.2) is 38.5 Å². The van der Waals surface area contributed by atoms with E-state index in [9.17, 15) is 17.6 Å². The van der Waals surface area contributed by atoms with E-state index in [0.29, 0.717) is 5.56 Å². The van der Waals surface area contributed by atoms with Crippen LogP contribution in [0.25, 0.3) is 0 Å². The van der Waals surface area contributed by atoms with Crippen molar-refractivity contribution in [2.75, 3.05) is 21.2 Å². The van der Waals surface area contributed by atoms with Crippen LogP contribution in [0.3, 0.4) is 0 Å². The number of hydrogen-bond acceptors (Lipinski definition) is 4. The molecule has 8 heteroatoms. The lowest BCUT2D eigenvalue weighted by Gasteiger charge is -2.13. The standard InChI is InChI=1S/C15H17FN2O4S/c1-17(2)23(20,21)12-5-7-15(19)18(10-12)9-11-4-6-14(22-3)13(16)8-11/h4-8,10H,9H2,1-3H3. The molecule has 0 amide bonds. The fraction of sp³-hybridized carbons (Fsp3) is 0.267. The molecule has 6 nitrogen and oxygen atoms in total. The first-order valence-electron chi connectivity index (χ1n) is 6.71. The van der Waals surface area contributed by atoms with Crippen molar-refractivity contribution in [3.8, 4) is 5.75 Å². The summed E-state index contributed by atoms with van der Waals surface area (Å²) in [5.41, 5.74) is 0.142. The molecular formula is C15H17FN2O4S. The van der Waals surface area contributed by atoms with Gasteiger partial charge in [0.2, 0.25) is 10.0 Å². The van der Waals surface area contributed by atoms with Crippen molar-refractivity contribution in [2.45, 2.75) is 11.4 Å². The summed E-state index contributed by atoms with van der Waals surface area (Å²) in [5.74, 6) is -0.444. The Morgan fingerprint density at radius 2 is 1.91 bits per heavy atom. The summed E-state index contributed by atoms with van der Waals surface area (Å²) in [4.78, 5) is 11.9. The summed E-state index contributed by atoms with van der Waals surface area (Å²) in [5, 5.41) is 0. The van der Waals surface area contributed by atoms with E-state index in [1.807, 2.05) is 0 Å². The van der Waals surface area contributed by atoms with Crippen LogP contribution in [0, 0.1) is 5.82 Å². The van der Waals surface area contributed by atoms with E-state index in [2.05, 4.69) is 0 Å². The van der Waals surface area contributed by atoms with Crippen molar-refractivity contribution in [1.29, 1.82) is 0 Å². The fourth-order valence-corrected chi connectivity index (χ4v) is 2.92. The van der Waals surface area contributed by atoms with Gasteiger partial charge in [0.05, 0.1) is 18.6 Å². The Kier molecular flexibility index (Phi) is 4.86. The number of halogens is 1. The van der Waals surface area contributed by atoms with Gasteiger partial charge < -0.3 is 9.30 Å². The molecule has 0 aliphatic carbocycles. The Labute approximate surface area is 133 Å². The number of hydrogen-bond donors (Lipinski definition) is 0. The zero-order chi connectivity index (χ0) is 17.2. The lowest BCUT2D eigenvalue weighted by Crippen LogP contribution is -2.26. The first kappa shape index (κ1) is 17.2. The SMILES string of the molecule is COc1ccc(Cn2cc(S(=O)(=O)N(C)C)ccc2=O)cc1F. The van der Waals surface area contributed by atoms with E-state index in [1.165, 1.54) is 56.2 Å². The van der Waals surface area contributed by atoms with Gasteiger partial charge in [0.15, 0.2) is 11.6 Å². The molecule has 0 bridgehead atoms. The van der Waals surface area contributed by atoms with E-state index in [0.717, 1.165) is 4.31 Å². The second kappa shape index (κ2) is 6.51. The number of nitrogens with zero attached hydrogens (tertiary/aromatic N) is 2. The third-order valence-corrected chi connectivity index (χ3v) is 5.10. The van der Waals surface area contributed by atoms with Crippen LogP contribution in [0.5, 0.6) is 5.75 Å². The molecule has 0 fully saturated rings. The zero-order valence-corrected chi connectivity index (χ0v) is 13.8. The zero-order valence-electron chi connectivity index (χ0n) is 13.0. The van der Waals surface area contributed by atoms with Crippen LogP contribution in [0.2, 0.25) is 0 Å². The smallest absolute Gasteiger partial charge is 0.250 e. The number of methoxy groups -OCH3 is 1. The Balaban J connectivity index is 2.41. The van der Waals surface area contributed by atoms with Crippen molar-refractivity contribution >= 4 is 10.0 Å². The fourth-order valence-electron chi connectivity index (χ4n) is 2.00. The predicted molar refractivity (Wildman–Crippen MR) is 83.6 cm³/mol. The summed E-state index contributed by atoms with van der Waals surface area (Å²) in [6.07, 6.45) is 1.25. The van der Waals surface area contributed by atoms with Gasteiger partial charge in [0.1, 0.15) is 0 Å². The summed E-state index contributed by atoms with van der Waals surface area (Å²) in [7, 11) is 0.524. The van der Waals surface area contributed by atoms with Gasteiger partial charge in [0.25, 0.3) is 5.56 Å². The molecule has 124 valence electrons. The van der Waals surface area contributed by atoms with E-state index in [4.69, 9.17) is 4.74 Å². The Morgan fingerprint density at radius 3 is 2.48 bits per heavy atom. The molecule has 23 heavy (non-hydrogen) atoms. The monoisotopic (exact) mass is 340 g/mol. The second-order valence-corrected chi connectivity index (χ2v) is 7.24. The van der Waals surface area contributed by atoms with Crippen LogP contribution >= 0.6 is 0 Å². The minimum absolute atomic E-state index is 0.00363. The van der Waals surface area contributed by atoms with Crippen molar-refractivity contribution in [3.63, 3.8) is 0 Å². The molecule has 1 aromatic heterocycles. The minimum atomic E-state index is -3.65. The third kappa shape index (κ3) is 3.59. The molecule has 1 heterocycles. The van der Waals surface area contributed by atoms with Crippen molar-refractivity contribution in [3.05, 3.63) is 58.3 Å². The predicted octanol–water partition coefficient (Wildman–Crippen LogP) is 1.29. The lowest BCUT2D eigenvalue weighted by molar-refractivity contribution is 0.386. The molecule has 0 aliphatic rings. The van der Waals surface area contributed by atoms with Crippen molar-refractivity contribution in [2.24, 2.45) is 0 Å². The van der Waals surface area contributed by atoms with E-state index < -0.39 is 15.8 Å². The molecule has 0 N–H and O–H groups in total. The van der Waals surface area contributed by atoms with Crippen LogP contribution in [0.1, 0.15) is 5.56 Å². The Morgan fingerprint density at radius 1 is 1.22 bits per heavy atom. The highest BCUT2D eigenvalue weighted by Crippen LogP contribution is 2.18. The van der Waals surface area contributed by atoms with Gasteiger partial charge in [0, 0.05) is 26.4 Å². The van der Waals surface area contributed by atoms with Gasteiger partial charge in [-0.25, -0.2) is 17.1 Å². The van der Waals surface area contributed by atoms with Crippen LogP contribution in [0.15, 0.2) is 46.2 Å². The maximum Gasteiger partial charge on any atom is 0.250 e. The van der Waals surface area contributed by atoms with Crippen LogP contribution in [-0.2, 0) is 16.6 Å². The van der Waals surface area contributed by atoms with Gasteiger partial charge in [-0.2, -0.15) is 0 Å². The van der Waals surface area contributed by atoms with Crippen molar-refractivity contribution in [1.82, 2.24) is 8.87 Å². The molecule has 0 saturated carbocycles. The molecule has 1 aromatic carbocycles. The number of sulfonamides is 1. The molecule has 0 atom stereocenters. The maximum absolute atomic E-state index is 13.7. The van der Waals surface area contributed by atoms with E-state index >= 15 is 0 Å². The Hall–Kier alpha value is -2.19. The number of aromatic nitrogens is 1. The normalized spacial score (nSPS) is 11.7. The molecular weight excluding hydrogens is 323 g/mol. The van der Waals surface area contributed by atoms with Gasteiger partial charge in [-0.15, -0.1) is 0 Å². The van der Waals surface area contributed by atoms with Gasteiger partial charge in [-0.1, -0.05) is 6.07 Å². The molecule has 0 spiro atoms. The number of ether oxygens (including phenoxy) is 1. The largest absolute Gasteiger partial charge is 0.494 e. The Bertz CT molecular complexity index is 875. The quantitative estimate of drug-likeness (QED) is 0.823. The molecule has 2 aromatic rings.